The number of carbonyl (C=O) groups is 1. The van der Waals surface area contributed by atoms with Gasteiger partial charge in [-0.05, 0) is 51.2 Å². The molecule has 1 aliphatic heterocycles. The summed E-state index contributed by atoms with van der Waals surface area (Å²) in [7, 11) is 3.82. The SMILES string of the molecule is CN1CCC(N(C)C(=O)/C(C#N)=C\Nc2ccc(N)cc2Cl)CC1. The Kier molecular flexibility index (Phi) is 6.07. The Balaban J connectivity index is 2.06. The highest BCUT2D eigenvalue weighted by Gasteiger charge is 2.25. The molecule has 6 nitrogen and oxygen atoms in total. The number of nitrogens with one attached hydrogen (secondary N) is 1. The number of hydrogen-bond donors (Lipinski definition) is 2. The second kappa shape index (κ2) is 8.04. The second-order valence-electron chi connectivity index (χ2n) is 6.00. The predicted octanol–water partition coefficient (Wildman–Crippen LogP) is 2.29. The molecule has 1 aromatic rings. The lowest BCUT2D eigenvalue weighted by atomic mass is 10.0. The maximum absolute atomic E-state index is 12.5. The van der Waals surface area contributed by atoms with Crippen LogP contribution in [0.25, 0.3) is 0 Å². The van der Waals surface area contributed by atoms with Gasteiger partial charge in [0.1, 0.15) is 11.6 Å². The van der Waals surface area contributed by atoms with Crippen LogP contribution in [0.2, 0.25) is 5.02 Å². The zero-order valence-electron chi connectivity index (χ0n) is 13.9. The molecule has 128 valence electrons. The van der Waals surface area contributed by atoms with Crippen LogP contribution in [0.15, 0.2) is 30.0 Å². The molecule has 0 radical (unpaired) electrons. The second-order valence-corrected chi connectivity index (χ2v) is 6.41. The van der Waals surface area contributed by atoms with Crippen molar-refractivity contribution in [1.82, 2.24) is 9.80 Å². The number of nitriles is 1. The highest BCUT2D eigenvalue weighted by molar-refractivity contribution is 6.33. The van der Waals surface area contributed by atoms with E-state index < -0.39 is 0 Å². The van der Waals surface area contributed by atoms with E-state index in [-0.39, 0.29) is 17.5 Å². The number of piperidine rings is 1. The number of nitrogen functional groups attached to an aromatic ring is 1. The molecule has 24 heavy (non-hydrogen) atoms. The van der Waals surface area contributed by atoms with Crippen LogP contribution in [0.1, 0.15) is 12.8 Å². The number of nitrogens with two attached hydrogens (primary N) is 1. The average Bonchev–Trinajstić information content (AvgIpc) is 2.57. The van der Waals surface area contributed by atoms with Crippen molar-refractivity contribution in [3.05, 3.63) is 35.0 Å². The average molecular weight is 348 g/mol. The van der Waals surface area contributed by atoms with Gasteiger partial charge in [-0.1, -0.05) is 11.6 Å². The first-order valence-electron chi connectivity index (χ1n) is 7.80. The van der Waals surface area contributed by atoms with Crippen LogP contribution in [0, 0.1) is 11.3 Å². The fourth-order valence-corrected chi connectivity index (χ4v) is 2.92. The number of rotatable bonds is 4. The number of carbonyl (C=O) groups excluding carboxylic acids is 1. The molecule has 1 saturated heterocycles. The summed E-state index contributed by atoms with van der Waals surface area (Å²) in [6.45, 7) is 1.90. The number of likely N-dealkylation sites (N-methyl/N-ethyl adjacent to an activating group) is 1. The Morgan fingerprint density at radius 1 is 1.50 bits per heavy atom. The van der Waals surface area contributed by atoms with Crippen LogP contribution in [0.3, 0.4) is 0 Å². The Bertz CT molecular complexity index is 674. The van der Waals surface area contributed by atoms with E-state index in [9.17, 15) is 10.1 Å². The standard InChI is InChI=1S/C17H22ClN5O/c1-22-7-5-14(6-8-22)23(2)17(24)12(10-19)11-21-16-4-3-13(20)9-15(16)18/h3-4,9,11,14,21H,5-8,20H2,1-2H3/b12-11-. The van der Waals surface area contributed by atoms with Crippen LogP contribution in [-0.2, 0) is 4.79 Å². The number of amides is 1. The van der Waals surface area contributed by atoms with Crippen molar-refractivity contribution in [2.45, 2.75) is 18.9 Å². The first kappa shape index (κ1) is 18.1. The smallest absolute Gasteiger partial charge is 0.266 e. The largest absolute Gasteiger partial charge is 0.399 e. The molecule has 0 saturated carbocycles. The molecule has 0 spiro atoms. The minimum Gasteiger partial charge on any atom is -0.399 e. The Morgan fingerprint density at radius 2 is 2.17 bits per heavy atom. The zero-order chi connectivity index (χ0) is 17.7. The third-order valence-electron chi connectivity index (χ3n) is 4.27. The van der Waals surface area contributed by atoms with Gasteiger partial charge >= 0.3 is 0 Å². The minimum atomic E-state index is -0.286. The zero-order valence-corrected chi connectivity index (χ0v) is 14.7. The molecule has 0 atom stereocenters. The van der Waals surface area contributed by atoms with Gasteiger partial charge in [-0.25, -0.2) is 0 Å². The summed E-state index contributed by atoms with van der Waals surface area (Å²) in [5, 5.41) is 12.6. The topological polar surface area (TPSA) is 85.4 Å². The Morgan fingerprint density at radius 3 is 2.75 bits per heavy atom. The molecule has 1 fully saturated rings. The Labute approximate surface area is 147 Å². The van der Waals surface area contributed by atoms with Crippen molar-refractivity contribution in [2.24, 2.45) is 0 Å². The van der Waals surface area contributed by atoms with Crippen molar-refractivity contribution in [1.29, 1.82) is 5.26 Å². The molecule has 1 aromatic carbocycles. The summed E-state index contributed by atoms with van der Waals surface area (Å²) in [6, 6.07) is 7.12. The molecular weight excluding hydrogens is 326 g/mol. The van der Waals surface area contributed by atoms with Crippen LogP contribution < -0.4 is 11.1 Å². The minimum absolute atomic E-state index is 0.0457. The Hall–Kier alpha value is -2.23. The molecule has 2 rings (SSSR count). The van der Waals surface area contributed by atoms with Crippen molar-refractivity contribution in [3.63, 3.8) is 0 Å². The number of benzene rings is 1. The van der Waals surface area contributed by atoms with E-state index in [1.807, 2.05) is 6.07 Å². The van der Waals surface area contributed by atoms with E-state index in [1.54, 1.807) is 30.1 Å². The van der Waals surface area contributed by atoms with Crippen LogP contribution in [0.5, 0.6) is 0 Å². The van der Waals surface area contributed by atoms with Crippen LogP contribution in [-0.4, -0.2) is 48.9 Å². The molecule has 0 aliphatic carbocycles. The lowest BCUT2D eigenvalue weighted by Crippen LogP contribution is -2.44. The highest BCUT2D eigenvalue weighted by Crippen LogP contribution is 2.24. The van der Waals surface area contributed by atoms with E-state index >= 15 is 0 Å². The maximum atomic E-state index is 12.5. The maximum Gasteiger partial charge on any atom is 0.266 e. The molecule has 3 N–H and O–H groups in total. The van der Waals surface area contributed by atoms with Gasteiger partial charge < -0.3 is 20.9 Å². The number of likely N-dealkylation sites (tertiary alicyclic amines) is 1. The summed E-state index contributed by atoms with van der Waals surface area (Å²) in [5.74, 6) is -0.286. The summed E-state index contributed by atoms with van der Waals surface area (Å²) >= 11 is 6.08. The first-order chi connectivity index (χ1) is 11.4. The van der Waals surface area contributed by atoms with Crippen LogP contribution in [0.4, 0.5) is 11.4 Å². The summed E-state index contributed by atoms with van der Waals surface area (Å²) < 4.78 is 0. The number of nitrogens with zero attached hydrogens (tertiary/aromatic N) is 3. The quantitative estimate of drug-likeness (QED) is 0.496. The van der Waals surface area contributed by atoms with Gasteiger partial charge in [0, 0.05) is 25.0 Å². The number of halogens is 1. The third-order valence-corrected chi connectivity index (χ3v) is 4.58. The van der Waals surface area contributed by atoms with Gasteiger partial charge in [0.05, 0.1) is 10.7 Å². The lowest BCUT2D eigenvalue weighted by molar-refractivity contribution is -0.128. The molecule has 0 aromatic heterocycles. The molecule has 0 unspecified atom stereocenters. The monoisotopic (exact) mass is 347 g/mol. The normalized spacial score (nSPS) is 16.5. The molecule has 0 bridgehead atoms. The van der Waals surface area contributed by atoms with E-state index in [0.717, 1.165) is 25.9 Å². The van der Waals surface area contributed by atoms with E-state index in [1.165, 1.54) is 6.20 Å². The molecule has 1 heterocycles. The molecule has 7 heteroatoms. The number of hydrogen-bond acceptors (Lipinski definition) is 5. The van der Waals surface area contributed by atoms with E-state index in [4.69, 9.17) is 17.3 Å². The molecule has 1 amide bonds. The van der Waals surface area contributed by atoms with Crippen molar-refractivity contribution in [3.8, 4) is 6.07 Å². The van der Waals surface area contributed by atoms with Gasteiger partial charge in [-0.15, -0.1) is 0 Å². The van der Waals surface area contributed by atoms with Gasteiger partial charge in [0.2, 0.25) is 0 Å². The predicted molar refractivity (Wildman–Crippen MR) is 96.5 cm³/mol. The highest BCUT2D eigenvalue weighted by atomic mass is 35.5. The van der Waals surface area contributed by atoms with Crippen LogP contribution >= 0.6 is 11.6 Å². The van der Waals surface area contributed by atoms with Gasteiger partial charge in [-0.3, -0.25) is 4.79 Å². The van der Waals surface area contributed by atoms with Crippen molar-refractivity contribution >= 4 is 28.9 Å². The third kappa shape index (κ3) is 4.40. The summed E-state index contributed by atoms with van der Waals surface area (Å²) in [6.07, 6.45) is 3.22. The van der Waals surface area contributed by atoms with Gasteiger partial charge in [0.25, 0.3) is 5.91 Å². The summed E-state index contributed by atoms with van der Waals surface area (Å²) in [4.78, 5) is 16.4. The summed E-state index contributed by atoms with van der Waals surface area (Å²) in [5.41, 5.74) is 6.83. The van der Waals surface area contributed by atoms with Gasteiger partial charge in [0.15, 0.2) is 0 Å². The van der Waals surface area contributed by atoms with Gasteiger partial charge in [-0.2, -0.15) is 5.26 Å². The van der Waals surface area contributed by atoms with Crippen molar-refractivity contribution in [2.75, 3.05) is 38.2 Å². The fraction of sp³-hybridized carbons (Fsp3) is 0.412. The molecule has 1 aliphatic rings. The van der Waals surface area contributed by atoms with Crippen molar-refractivity contribution < 1.29 is 4.79 Å². The number of anilines is 2. The molecular formula is C17H22ClN5O. The fourth-order valence-electron chi connectivity index (χ4n) is 2.68. The lowest BCUT2D eigenvalue weighted by Gasteiger charge is -2.35. The van der Waals surface area contributed by atoms with E-state index in [0.29, 0.717) is 16.4 Å². The van der Waals surface area contributed by atoms with E-state index in [2.05, 4.69) is 17.3 Å². The first-order valence-corrected chi connectivity index (χ1v) is 8.17.